The molecular weight excluding hydrogens is 211 g/mol. The Kier molecular flexibility index (Phi) is 9.35. The van der Waals surface area contributed by atoms with Gasteiger partial charge in [0.2, 0.25) is 0 Å². The number of ether oxygens (including phenoxy) is 1. The van der Waals surface area contributed by atoms with Gasteiger partial charge in [-0.1, -0.05) is 0 Å². The van der Waals surface area contributed by atoms with Gasteiger partial charge < -0.3 is 9.53 Å². The van der Waals surface area contributed by atoms with Crippen LogP contribution in [0.5, 0.6) is 0 Å². The molecule has 0 bridgehead atoms. The number of carbonyl (C=O) groups is 1. The maximum Gasteiger partial charge on any atom is 0.131 e. The fourth-order valence-electron chi connectivity index (χ4n) is 0.401. The standard InChI is InChI=1S/C6H9O3.Zr/c1-3-9-6(4-7)5(2)8;/h6H,3H2,1-2H3;/q-1;. The Balaban J connectivity index is 0. The van der Waals surface area contributed by atoms with E-state index >= 15 is 0 Å². The summed E-state index contributed by atoms with van der Waals surface area (Å²) in [6.07, 6.45) is 0.504. The van der Waals surface area contributed by atoms with Crippen LogP contribution in [0.4, 0.5) is 0 Å². The number of rotatable bonds is 4. The molecule has 0 fully saturated rings. The normalized spacial score (nSPS) is 11.4. The average molecular weight is 220 g/mol. The summed E-state index contributed by atoms with van der Waals surface area (Å²) in [5.74, 6) is -0.299. The minimum atomic E-state index is -0.977. The van der Waals surface area contributed by atoms with Crippen LogP contribution in [0.1, 0.15) is 13.8 Å². The molecule has 0 radical (unpaired) electrons. The van der Waals surface area contributed by atoms with Crippen LogP contribution in [0.2, 0.25) is 0 Å². The molecule has 0 aliphatic rings. The van der Waals surface area contributed by atoms with Crippen LogP contribution < -0.4 is 0 Å². The second-order valence-corrected chi connectivity index (χ2v) is 1.56. The molecule has 0 amide bonds. The maximum atomic E-state index is 10.4. The molecule has 0 aromatic carbocycles. The van der Waals surface area contributed by atoms with Gasteiger partial charge in [0.1, 0.15) is 5.78 Å². The summed E-state index contributed by atoms with van der Waals surface area (Å²) in [6.45, 7) is 3.37. The van der Waals surface area contributed by atoms with E-state index in [1.165, 1.54) is 13.2 Å². The molecule has 0 spiro atoms. The summed E-state index contributed by atoms with van der Waals surface area (Å²) in [7, 11) is 0. The van der Waals surface area contributed by atoms with Crippen molar-refractivity contribution in [1.82, 2.24) is 0 Å². The van der Waals surface area contributed by atoms with Gasteiger partial charge in [-0.2, -0.15) is 0 Å². The number of hydrogen-bond acceptors (Lipinski definition) is 3. The number of ketones is 1. The van der Waals surface area contributed by atoms with Crippen LogP contribution >= 0.6 is 0 Å². The molecule has 56 valence electrons. The monoisotopic (exact) mass is 219 g/mol. The van der Waals surface area contributed by atoms with Crippen LogP contribution in [-0.4, -0.2) is 24.8 Å². The van der Waals surface area contributed by atoms with Gasteiger partial charge in [0.05, 0.1) is 0 Å². The minimum Gasteiger partial charge on any atom is -0.539 e. The Morgan fingerprint density at radius 2 is 2.20 bits per heavy atom. The summed E-state index contributed by atoms with van der Waals surface area (Å²) >= 11 is 0. The number of Topliss-reactive ketones (excluding diaryl/α,β-unsaturated/α-hetero) is 1. The van der Waals surface area contributed by atoms with E-state index in [0.29, 0.717) is 6.61 Å². The molecule has 3 nitrogen and oxygen atoms in total. The van der Waals surface area contributed by atoms with Gasteiger partial charge >= 0.3 is 0 Å². The van der Waals surface area contributed by atoms with Crippen LogP contribution in [0.15, 0.2) is 0 Å². The molecule has 10 heavy (non-hydrogen) atoms. The molecule has 4 heteroatoms. The van der Waals surface area contributed by atoms with Crippen LogP contribution in [0.25, 0.3) is 0 Å². The Labute approximate surface area is 79.2 Å². The van der Waals surface area contributed by atoms with Crippen molar-refractivity contribution >= 4 is 12.1 Å². The van der Waals surface area contributed by atoms with Crippen molar-refractivity contribution in [3.05, 3.63) is 0 Å². The van der Waals surface area contributed by atoms with Gasteiger partial charge in [-0.15, -0.1) is 0 Å². The molecule has 0 aromatic rings. The molecule has 1 atom stereocenters. The third kappa shape index (κ3) is 5.01. The first-order valence-electron chi connectivity index (χ1n) is 2.72. The summed E-state index contributed by atoms with van der Waals surface area (Å²) < 4.78 is 4.68. The first-order chi connectivity index (χ1) is 4.22. The van der Waals surface area contributed by atoms with Crippen LogP contribution in [0.3, 0.4) is 0 Å². The molecule has 1 unspecified atom stereocenters. The van der Waals surface area contributed by atoms with E-state index in [2.05, 4.69) is 4.74 Å². The van der Waals surface area contributed by atoms with E-state index in [1.807, 2.05) is 0 Å². The molecular formula is C6H9O3Zr-. The predicted molar refractivity (Wildman–Crippen MR) is 31.8 cm³/mol. The van der Waals surface area contributed by atoms with Crippen LogP contribution in [0, 0.1) is 0 Å². The number of hydrogen-bond donors (Lipinski definition) is 0. The van der Waals surface area contributed by atoms with Crippen molar-refractivity contribution in [2.24, 2.45) is 0 Å². The largest absolute Gasteiger partial charge is 0.539 e. The molecule has 0 N–H and O–H groups in total. The zero-order valence-electron chi connectivity index (χ0n) is 6.01. The van der Waals surface area contributed by atoms with Crippen molar-refractivity contribution in [3.63, 3.8) is 0 Å². The SMILES string of the molecule is CCOC([C-]=O)C(C)=O.[Zr]. The maximum absolute atomic E-state index is 10.4. The molecule has 0 saturated heterocycles. The van der Waals surface area contributed by atoms with Crippen molar-refractivity contribution in [2.75, 3.05) is 6.61 Å². The second-order valence-electron chi connectivity index (χ2n) is 1.56. The first kappa shape index (κ1) is 12.8. The van der Waals surface area contributed by atoms with Gasteiger partial charge in [-0.3, -0.25) is 4.79 Å². The Morgan fingerprint density at radius 3 is 2.30 bits per heavy atom. The van der Waals surface area contributed by atoms with Crippen molar-refractivity contribution in [3.8, 4) is 0 Å². The molecule has 0 rings (SSSR count). The van der Waals surface area contributed by atoms with E-state index in [4.69, 9.17) is 0 Å². The Bertz CT molecular complexity index is 114. The zero-order chi connectivity index (χ0) is 7.28. The minimum absolute atomic E-state index is 0. The quantitative estimate of drug-likeness (QED) is 0.498. The van der Waals surface area contributed by atoms with Crippen LogP contribution in [-0.2, 0) is 40.5 Å². The van der Waals surface area contributed by atoms with E-state index < -0.39 is 6.10 Å². The summed E-state index contributed by atoms with van der Waals surface area (Å²) in [5.41, 5.74) is 0. The fraction of sp³-hybridized carbons (Fsp3) is 0.667. The van der Waals surface area contributed by atoms with Crippen molar-refractivity contribution in [1.29, 1.82) is 0 Å². The van der Waals surface area contributed by atoms with E-state index in [0.717, 1.165) is 0 Å². The van der Waals surface area contributed by atoms with Gasteiger partial charge in [-0.05, 0) is 13.8 Å². The second kappa shape index (κ2) is 7.29. The summed E-state index contributed by atoms with van der Waals surface area (Å²) in [4.78, 5) is 20.2. The van der Waals surface area contributed by atoms with Gasteiger partial charge in [0, 0.05) is 38.9 Å². The summed E-state index contributed by atoms with van der Waals surface area (Å²) in [6, 6.07) is 0. The zero-order valence-corrected chi connectivity index (χ0v) is 8.47. The molecule has 0 aliphatic carbocycles. The van der Waals surface area contributed by atoms with E-state index in [1.54, 1.807) is 6.92 Å². The molecule has 0 aliphatic heterocycles. The van der Waals surface area contributed by atoms with Gasteiger partial charge in [0.25, 0.3) is 0 Å². The third-order valence-corrected chi connectivity index (χ3v) is 0.810. The summed E-state index contributed by atoms with van der Waals surface area (Å²) in [5, 5.41) is 0. The van der Waals surface area contributed by atoms with Gasteiger partial charge in [0.15, 0.2) is 0 Å². The Morgan fingerprint density at radius 1 is 1.70 bits per heavy atom. The molecule has 0 saturated carbocycles. The van der Waals surface area contributed by atoms with Crippen molar-refractivity contribution in [2.45, 2.75) is 20.0 Å². The topological polar surface area (TPSA) is 43.4 Å². The van der Waals surface area contributed by atoms with Gasteiger partial charge in [-0.25, -0.2) is 6.29 Å². The first-order valence-corrected chi connectivity index (χ1v) is 2.72. The average Bonchev–Trinajstić information content (AvgIpc) is 1.82. The molecule has 0 aromatic heterocycles. The predicted octanol–water partition coefficient (Wildman–Crippen LogP) is 0.0877. The smallest absolute Gasteiger partial charge is 0.131 e. The van der Waals surface area contributed by atoms with E-state index in [9.17, 15) is 9.59 Å². The fourth-order valence-corrected chi connectivity index (χ4v) is 0.401. The number of carbonyl (C=O) groups excluding carboxylic acids is 2. The van der Waals surface area contributed by atoms with Crippen molar-refractivity contribution < 1.29 is 40.5 Å². The Hall–Kier alpha value is 0.183. The molecule has 0 heterocycles. The van der Waals surface area contributed by atoms with E-state index in [-0.39, 0.29) is 32.0 Å². The third-order valence-electron chi connectivity index (χ3n) is 0.810.